The largest absolute Gasteiger partial charge is 0.497 e. The predicted octanol–water partition coefficient (Wildman–Crippen LogP) is 3.72. The molecule has 4 rings (SSSR count). The number of hydrogen-bond donors (Lipinski definition) is 1. The van der Waals surface area contributed by atoms with E-state index in [1.807, 2.05) is 12.1 Å². The molecule has 33 heavy (non-hydrogen) atoms. The van der Waals surface area contributed by atoms with Gasteiger partial charge in [0.15, 0.2) is 0 Å². The first-order valence-corrected chi connectivity index (χ1v) is 11.6. The van der Waals surface area contributed by atoms with Gasteiger partial charge in [0.1, 0.15) is 17.2 Å². The SMILES string of the molecule is COc1ccc(OC)c(NC(=O)c2cc(S(=O)(=O)N3CCc4ccccc43)ccc2OC)c1. The van der Waals surface area contributed by atoms with Gasteiger partial charge >= 0.3 is 0 Å². The average molecular weight is 469 g/mol. The molecule has 0 saturated heterocycles. The first-order chi connectivity index (χ1) is 15.9. The molecule has 1 aliphatic rings. The number of nitrogens with one attached hydrogen (secondary N) is 1. The molecule has 1 amide bonds. The third kappa shape index (κ3) is 4.19. The van der Waals surface area contributed by atoms with Gasteiger partial charge in [-0.15, -0.1) is 0 Å². The lowest BCUT2D eigenvalue weighted by molar-refractivity contribution is 0.102. The Labute approximate surface area is 192 Å². The Hall–Kier alpha value is -3.72. The van der Waals surface area contributed by atoms with Gasteiger partial charge in [-0.25, -0.2) is 8.42 Å². The summed E-state index contributed by atoms with van der Waals surface area (Å²) in [6.07, 6.45) is 0.633. The number of anilines is 2. The van der Waals surface area contributed by atoms with Gasteiger partial charge in [-0.05, 0) is 48.4 Å². The highest BCUT2D eigenvalue weighted by Crippen LogP contribution is 2.35. The Bertz CT molecular complexity index is 1310. The zero-order valence-electron chi connectivity index (χ0n) is 18.5. The molecule has 8 nitrogen and oxygen atoms in total. The number of nitrogens with zero attached hydrogens (tertiary/aromatic N) is 1. The molecule has 0 fully saturated rings. The number of ether oxygens (including phenoxy) is 3. The summed E-state index contributed by atoms with van der Waals surface area (Å²) < 4.78 is 44.1. The quantitative estimate of drug-likeness (QED) is 0.568. The van der Waals surface area contributed by atoms with Gasteiger partial charge in [0.25, 0.3) is 15.9 Å². The number of sulfonamides is 1. The summed E-state index contributed by atoms with van der Waals surface area (Å²) in [5, 5.41) is 2.76. The van der Waals surface area contributed by atoms with E-state index in [4.69, 9.17) is 14.2 Å². The molecule has 3 aromatic carbocycles. The van der Waals surface area contributed by atoms with Gasteiger partial charge in [-0.3, -0.25) is 9.10 Å². The molecule has 1 heterocycles. The van der Waals surface area contributed by atoms with Crippen LogP contribution < -0.4 is 23.8 Å². The van der Waals surface area contributed by atoms with Crippen LogP contribution in [0.4, 0.5) is 11.4 Å². The summed E-state index contributed by atoms with van der Waals surface area (Å²) in [4.78, 5) is 13.2. The van der Waals surface area contributed by atoms with E-state index in [9.17, 15) is 13.2 Å². The standard InChI is InChI=1S/C24H24N2O6S/c1-30-17-8-10-23(32-3)20(14-17)25-24(27)19-15-18(9-11-22(19)31-2)33(28,29)26-13-12-16-6-4-5-7-21(16)26/h4-11,14-15H,12-13H2,1-3H3,(H,25,27). The van der Waals surface area contributed by atoms with Crippen molar-refractivity contribution in [3.8, 4) is 17.2 Å². The molecule has 1 N–H and O–H groups in total. The van der Waals surface area contributed by atoms with Crippen LogP contribution in [0.2, 0.25) is 0 Å². The number of carbonyl (C=O) groups is 1. The fraction of sp³-hybridized carbons (Fsp3) is 0.208. The van der Waals surface area contributed by atoms with Crippen molar-refractivity contribution in [1.29, 1.82) is 0 Å². The van der Waals surface area contributed by atoms with Crippen LogP contribution >= 0.6 is 0 Å². The van der Waals surface area contributed by atoms with E-state index < -0.39 is 15.9 Å². The first kappa shape index (κ1) is 22.5. The summed E-state index contributed by atoms with van der Waals surface area (Å²) in [6.45, 7) is 0.343. The normalized spacial score (nSPS) is 12.8. The number of hydrogen-bond acceptors (Lipinski definition) is 6. The Morgan fingerprint density at radius 3 is 2.36 bits per heavy atom. The molecule has 0 aromatic heterocycles. The van der Waals surface area contributed by atoms with Crippen molar-refractivity contribution in [3.05, 3.63) is 71.8 Å². The molecule has 0 unspecified atom stereocenters. The topological polar surface area (TPSA) is 94.2 Å². The van der Waals surface area contributed by atoms with E-state index in [-0.39, 0.29) is 16.2 Å². The van der Waals surface area contributed by atoms with Crippen molar-refractivity contribution in [2.75, 3.05) is 37.5 Å². The minimum absolute atomic E-state index is 0.00256. The Balaban J connectivity index is 1.70. The molecule has 0 saturated carbocycles. The van der Waals surface area contributed by atoms with Crippen LogP contribution in [0.25, 0.3) is 0 Å². The Morgan fingerprint density at radius 1 is 0.909 bits per heavy atom. The zero-order valence-corrected chi connectivity index (χ0v) is 19.3. The van der Waals surface area contributed by atoms with E-state index in [0.29, 0.717) is 35.8 Å². The van der Waals surface area contributed by atoms with E-state index in [2.05, 4.69) is 5.32 Å². The maximum Gasteiger partial charge on any atom is 0.264 e. The van der Waals surface area contributed by atoms with Gasteiger partial charge in [-0.1, -0.05) is 18.2 Å². The molecule has 0 aliphatic carbocycles. The monoisotopic (exact) mass is 468 g/mol. The van der Waals surface area contributed by atoms with Crippen LogP contribution in [0.15, 0.2) is 65.6 Å². The summed E-state index contributed by atoms with van der Waals surface area (Å²) in [6, 6.07) is 16.6. The number of benzene rings is 3. The van der Waals surface area contributed by atoms with Crippen LogP contribution in [0.1, 0.15) is 15.9 Å². The highest BCUT2D eigenvalue weighted by Gasteiger charge is 2.31. The van der Waals surface area contributed by atoms with Crippen LogP contribution in [-0.2, 0) is 16.4 Å². The van der Waals surface area contributed by atoms with E-state index >= 15 is 0 Å². The molecule has 3 aromatic rings. The summed E-state index contributed by atoms with van der Waals surface area (Å²) in [7, 11) is 0.544. The number of fused-ring (bicyclic) bond motifs is 1. The average Bonchev–Trinajstić information content (AvgIpc) is 3.28. The molecule has 0 atom stereocenters. The second-order valence-electron chi connectivity index (χ2n) is 7.34. The molecule has 0 radical (unpaired) electrons. The lowest BCUT2D eigenvalue weighted by atomic mass is 10.1. The highest BCUT2D eigenvalue weighted by molar-refractivity contribution is 7.92. The van der Waals surface area contributed by atoms with Gasteiger partial charge in [0, 0.05) is 12.6 Å². The van der Waals surface area contributed by atoms with Crippen LogP contribution in [0.5, 0.6) is 17.2 Å². The zero-order chi connectivity index (χ0) is 23.6. The van der Waals surface area contributed by atoms with Crippen molar-refractivity contribution >= 4 is 27.3 Å². The molecule has 9 heteroatoms. The maximum absolute atomic E-state index is 13.4. The number of methoxy groups -OCH3 is 3. The summed E-state index contributed by atoms with van der Waals surface area (Å²) in [5.74, 6) is 0.662. The predicted molar refractivity (Wildman–Crippen MR) is 125 cm³/mol. The van der Waals surface area contributed by atoms with Gasteiger partial charge in [0.2, 0.25) is 0 Å². The number of para-hydroxylation sites is 1. The molecule has 1 aliphatic heterocycles. The molecule has 0 spiro atoms. The lowest BCUT2D eigenvalue weighted by Crippen LogP contribution is -2.29. The molecular weight excluding hydrogens is 444 g/mol. The van der Waals surface area contributed by atoms with Gasteiger partial charge < -0.3 is 19.5 Å². The van der Waals surface area contributed by atoms with Gasteiger partial charge in [-0.2, -0.15) is 0 Å². The minimum atomic E-state index is -3.88. The fourth-order valence-electron chi connectivity index (χ4n) is 3.81. The fourth-order valence-corrected chi connectivity index (χ4v) is 5.34. The van der Waals surface area contributed by atoms with Crippen molar-refractivity contribution in [3.63, 3.8) is 0 Å². The third-order valence-electron chi connectivity index (χ3n) is 5.50. The first-order valence-electron chi connectivity index (χ1n) is 10.2. The van der Waals surface area contributed by atoms with Crippen molar-refractivity contribution in [2.45, 2.75) is 11.3 Å². The van der Waals surface area contributed by atoms with Gasteiger partial charge in [0.05, 0.1) is 43.2 Å². The second kappa shape index (κ2) is 9.03. The van der Waals surface area contributed by atoms with E-state index in [1.54, 1.807) is 30.3 Å². The highest BCUT2D eigenvalue weighted by atomic mass is 32.2. The molecule has 0 bridgehead atoms. The van der Waals surface area contributed by atoms with Crippen molar-refractivity contribution < 1.29 is 27.4 Å². The van der Waals surface area contributed by atoms with E-state index in [1.165, 1.54) is 43.8 Å². The van der Waals surface area contributed by atoms with Crippen LogP contribution in [-0.4, -0.2) is 42.2 Å². The maximum atomic E-state index is 13.4. The van der Waals surface area contributed by atoms with Crippen molar-refractivity contribution in [1.82, 2.24) is 0 Å². The summed E-state index contributed by atoms with van der Waals surface area (Å²) in [5.41, 5.74) is 2.08. The Kier molecular flexibility index (Phi) is 6.15. The second-order valence-corrected chi connectivity index (χ2v) is 9.20. The summed E-state index contributed by atoms with van der Waals surface area (Å²) >= 11 is 0. The Morgan fingerprint density at radius 2 is 1.64 bits per heavy atom. The number of rotatable bonds is 7. The number of carbonyl (C=O) groups excluding carboxylic acids is 1. The molecular formula is C24H24N2O6S. The minimum Gasteiger partial charge on any atom is -0.497 e. The van der Waals surface area contributed by atoms with Crippen LogP contribution in [0.3, 0.4) is 0 Å². The van der Waals surface area contributed by atoms with E-state index in [0.717, 1.165) is 5.56 Å². The van der Waals surface area contributed by atoms with Crippen LogP contribution in [0, 0.1) is 0 Å². The molecule has 172 valence electrons. The van der Waals surface area contributed by atoms with Crippen molar-refractivity contribution in [2.24, 2.45) is 0 Å². The smallest absolute Gasteiger partial charge is 0.264 e. The third-order valence-corrected chi connectivity index (χ3v) is 7.31. The lowest BCUT2D eigenvalue weighted by Gasteiger charge is -2.20. The number of amides is 1.